The van der Waals surface area contributed by atoms with Gasteiger partial charge < -0.3 is 19.7 Å². The van der Waals surface area contributed by atoms with E-state index < -0.39 is 5.91 Å². The molecule has 0 atom stereocenters. The van der Waals surface area contributed by atoms with Crippen LogP contribution < -0.4 is 10.1 Å². The molecule has 3 N–H and O–H groups in total. The highest BCUT2D eigenvalue weighted by Crippen LogP contribution is 2.27. The quantitative estimate of drug-likeness (QED) is 0.502. The van der Waals surface area contributed by atoms with Gasteiger partial charge in [0.2, 0.25) is 0 Å². The minimum absolute atomic E-state index is 0.113. The molecule has 0 saturated carbocycles. The molecule has 0 aliphatic carbocycles. The summed E-state index contributed by atoms with van der Waals surface area (Å²) in [6.45, 7) is -0.113. The number of rotatable bonds is 5. The van der Waals surface area contributed by atoms with Crippen LogP contribution in [0.3, 0.4) is 0 Å². The zero-order chi connectivity index (χ0) is 18.8. The highest BCUT2D eigenvalue weighted by atomic mass is 16.5. The van der Waals surface area contributed by atoms with E-state index in [0.29, 0.717) is 22.8 Å². The number of nitrogens with zero attached hydrogens (tertiary/aromatic N) is 2. The summed E-state index contributed by atoms with van der Waals surface area (Å²) in [5.74, 6) is 0.499. The van der Waals surface area contributed by atoms with E-state index in [4.69, 9.17) is 9.26 Å². The van der Waals surface area contributed by atoms with Gasteiger partial charge in [0.05, 0.1) is 31.1 Å². The monoisotopic (exact) mass is 364 g/mol. The molecule has 0 radical (unpaired) electrons. The van der Waals surface area contributed by atoms with Crippen molar-refractivity contribution < 1.29 is 19.2 Å². The number of amides is 1. The van der Waals surface area contributed by atoms with E-state index in [0.717, 1.165) is 16.5 Å². The number of aromatic amines is 1. The fourth-order valence-electron chi connectivity index (χ4n) is 2.74. The first-order valence-electron chi connectivity index (χ1n) is 8.17. The number of H-pyrrole nitrogens is 1. The van der Waals surface area contributed by atoms with Crippen molar-refractivity contribution in [2.45, 2.75) is 6.61 Å². The Morgan fingerprint density at radius 1 is 1.26 bits per heavy atom. The van der Waals surface area contributed by atoms with Gasteiger partial charge in [0.15, 0.2) is 11.5 Å². The standard InChI is InChI=1S/C19H16N4O4/c1-26-18-6-11(10-24)2-4-15(18)21-19(25)16-8-17(27-23-16)12-3-5-14-13(7-12)9-20-22-14/h2-9,24H,10H2,1H3,(H,20,22)(H,21,25). The summed E-state index contributed by atoms with van der Waals surface area (Å²) in [6.07, 6.45) is 1.71. The van der Waals surface area contributed by atoms with Gasteiger partial charge in [0.25, 0.3) is 5.91 Å². The fourth-order valence-corrected chi connectivity index (χ4v) is 2.74. The van der Waals surface area contributed by atoms with Crippen molar-refractivity contribution in [2.75, 3.05) is 12.4 Å². The molecule has 0 saturated heterocycles. The van der Waals surface area contributed by atoms with Crippen LogP contribution in [0.5, 0.6) is 5.75 Å². The number of methoxy groups -OCH3 is 1. The molecule has 4 aromatic rings. The lowest BCUT2D eigenvalue weighted by molar-refractivity contribution is 0.101. The van der Waals surface area contributed by atoms with Gasteiger partial charge in [-0.25, -0.2) is 0 Å². The Balaban J connectivity index is 1.57. The molecule has 136 valence electrons. The molecule has 8 heteroatoms. The van der Waals surface area contributed by atoms with E-state index in [1.807, 2.05) is 18.2 Å². The topological polar surface area (TPSA) is 113 Å². The van der Waals surface area contributed by atoms with Gasteiger partial charge in [-0.3, -0.25) is 9.89 Å². The van der Waals surface area contributed by atoms with Gasteiger partial charge in [-0.05, 0) is 35.9 Å². The summed E-state index contributed by atoms with van der Waals surface area (Å²) in [5, 5.41) is 23.6. The highest BCUT2D eigenvalue weighted by Gasteiger charge is 2.16. The molecule has 0 fully saturated rings. The molecule has 2 aromatic carbocycles. The van der Waals surface area contributed by atoms with Crippen molar-refractivity contribution >= 4 is 22.5 Å². The third-order valence-electron chi connectivity index (χ3n) is 4.16. The number of hydrogen-bond donors (Lipinski definition) is 3. The zero-order valence-corrected chi connectivity index (χ0v) is 14.4. The number of hydrogen-bond acceptors (Lipinski definition) is 6. The van der Waals surface area contributed by atoms with Gasteiger partial charge in [-0.15, -0.1) is 0 Å². The van der Waals surface area contributed by atoms with Gasteiger partial charge in [-0.2, -0.15) is 5.10 Å². The average molecular weight is 364 g/mol. The largest absolute Gasteiger partial charge is 0.495 e. The van der Waals surface area contributed by atoms with E-state index in [1.54, 1.807) is 30.5 Å². The number of nitrogens with one attached hydrogen (secondary N) is 2. The average Bonchev–Trinajstić information content (AvgIpc) is 3.37. The molecule has 2 heterocycles. The van der Waals surface area contributed by atoms with Crippen LogP contribution in [0.1, 0.15) is 16.1 Å². The summed E-state index contributed by atoms with van der Waals surface area (Å²) in [5.41, 5.74) is 3.01. The first kappa shape index (κ1) is 16.8. The van der Waals surface area contributed by atoms with Crippen molar-refractivity contribution in [1.82, 2.24) is 15.4 Å². The number of carbonyl (C=O) groups excluding carboxylic acids is 1. The Bertz CT molecular complexity index is 1120. The molecule has 0 spiro atoms. The lowest BCUT2D eigenvalue weighted by Crippen LogP contribution is -2.13. The van der Waals surface area contributed by atoms with Crippen LogP contribution in [0.2, 0.25) is 0 Å². The predicted molar refractivity (Wildman–Crippen MR) is 98.5 cm³/mol. The lowest BCUT2D eigenvalue weighted by Gasteiger charge is -2.10. The molecule has 2 aromatic heterocycles. The number of ether oxygens (including phenoxy) is 1. The maximum atomic E-state index is 12.5. The molecule has 4 rings (SSSR count). The van der Waals surface area contributed by atoms with Crippen LogP contribution in [0.25, 0.3) is 22.2 Å². The fraction of sp³-hybridized carbons (Fsp3) is 0.105. The third-order valence-corrected chi connectivity index (χ3v) is 4.16. The lowest BCUT2D eigenvalue weighted by atomic mass is 10.1. The van der Waals surface area contributed by atoms with Crippen LogP contribution in [-0.2, 0) is 6.61 Å². The number of aliphatic hydroxyl groups excluding tert-OH is 1. The normalized spacial score (nSPS) is 10.9. The number of aromatic nitrogens is 3. The molecular formula is C19H16N4O4. The number of fused-ring (bicyclic) bond motifs is 1. The van der Waals surface area contributed by atoms with Crippen molar-refractivity contribution in [1.29, 1.82) is 0 Å². The van der Waals surface area contributed by atoms with Crippen LogP contribution in [-0.4, -0.2) is 33.5 Å². The summed E-state index contributed by atoms with van der Waals surface area (Å²) in [6, 6.07) is 12.2. The minimum atomic E-state index is -0.426. The van der Waals surface area contributed by atoms with E-state index in [9.17, 15) is 9.90 Å². The molecular weight excluding hydrogens is 348 g/mol. The van der Waals surface area contributed by atoms with E-state index >= 15 is 0 Å². The van der Waals surface area contributed by atoms with Crippen molar-refractivity contribution in [2.24, 2.45) is 0 Å². The summed E-state index contributed by atoms with van der Waals surface area (Å²) < 4.78 is 10.6. The molecule has 0 aliphatic heterocycles. The van der Waals surface area contributed by atoms with Crippen molar-refractivity contribution in [3.8, 4) is 17.1 Å². The van der Waals surface area contributed by atoms with Crippen LogP contribution in [0, 0.1) is 0 Å². The molecule has 1 amide bonds. The second-order valence-electron chi connectivity index (χ2n) is 5.90. The third kappa shape index (κ3) is 3.25. The Morgan fingerprint density at radius 2 is 2.15 bits per heavy atom. The van der Waals surface area contributed by atoms with Crippen molar-refractivity contribution in [3.05, 3.63) is 59.9 Å². The zero-order valence-electron chi connectivity index (χ0n) is 14.4. The predicted octanol–water partition coefficient (Wildman–Crippen LogP) is 2.97. The van der Waals surface area contributed by atoms with Crippen LogP contribution in [0.4, 0.5) is 5.69 Å². The Kier molecular flexibility index (Phi) is 4.31. The Labute approximate surface area is 153 Å². The van der Waals surface area contributed by atoms with E-state index in [1.165, 1.54) is 7.11 Å². The highest BCUT2D eigenvalue weighted by molar-refractivity contribution is 6.04. The molecule has 0 aliphatic rings. The Morgan fingerprint density at radius 3 is 2.96 bits per heavy atom. The Hall–Kier alpha value is -3.65. The van der Waals surface area contributed by atoms with E-state index in [-0.39, 0.29) is 12.3 Å². The number of anilines is 1. The maximum Gasteiger partial charge on any atom is 0.277 e. The number of carbonyl (C=O) groups is 1. The molecule has 8 nitrogen and oxygen atoms in total. The second-order valence-corrected chi connectivity index (χ2v) is 5.90. The van der Waals surface area contributed by atoms with E-state index in [2.05, 4.69) is 20.7 Å². The first-order valence-corrected chi connectivity index (χ1v) is 8.17. The number of benzene rings is 2. The molecule has 0 unspecified atom stereocenters. The second kappa shape index (κ2) is 6.93. The van der Waals surface area contributed by atoms with Gasteiger partial charge in [0.1, 0.15) is 5.75 Å². The first-order chi connectivity index (χ1) is 13.2. The van der Waals surface area contributed by atoms with Gasteiger partial charge >= 0.3 is 0 Å². The minimum Gasteiger partial charge on any atom is -0.495 e. The smallest absolute Gasteiger partial charge is 0.277 e. The summed E-state index contributed by atoms with van der Waals surface area (Å²) >= 11 is 0. The van der Waals surface area contributed by atoms with Gasteiger partial charge in [-0.1, -0.05) is 11.2 Å². The summed E-state index contributed by atoms with van der Waals surface area (Å²) in [4.78, 5) is 12.5. The molecule has 0 bridgehead atoms. The SMILES string of the molecule is COc1cc(CO)ccc1NC(=O)c1cc(-c2ccc3[nH]ncc3c2)on1. The van der Waals surface area contributed by atoms with Crippen LogP contribution in [0.15, 0.2) is 53.2 Å². The van der Waals surface area contributed by atoms with Gasteiger partial charge in [0, 0.05) is 17.0 Å². The summed E-state index contributed by atoms with van der Waals surface area (Å²) in [7, 11) is 1.49. The maximum absolute atomic E-state index is 12.5. The van der Waals surface area contributed by atoms with Crippen molar-refractivity contribution in [3.63, 3.8) is 0 Å². The molecule has 27 heavy (non-hydrogen) atoms. The van der Waals surface area contributed by atoms with Crippen LogP contribution >= 0.6 is 0 Å². The number of aliphatic hydroxyl groups is 1.